The van der Waals surface area contributed by atoms with Crippen LogP contribution in [0.5, 0.6) is 0 Å². The smallest absolute Gasteiger partial charge is 0.222 e. The molecular weight excluding hydrogens is 288 g/mol. The minimum atomic E-state index is -0.0781. The first-order valence-electron chi connectivity index (χ1n) is 8.41. The highest BCUT2D eigenvalue weighted by Gasteiger charge is 2.29. The van der Waals surface area contributed by atoms with Crippen LogP contribution in [0.1, 0.15) is 57.2 Å². The lowest BCUT2D eigenvalue weighted by Crippen LogP contribution is -2.38. The van der Waals surface area contributed by atoms with Crippen LogP contribution < -0.4 is 5.32 Å². The molecule has 1 atom stereocenters. The third-order valence-electron chi connectivity index (χ3n) is 4.45. The molecule has 0 bridgehead atoms. The van der Waals surface area contributed by atoms with Gasteiger partial charge in [0, 0.05) is 25.9 Å². The van der Waals surface area contributed by atoms with Crippen molar-refractivity contribution in [3.8, 4) is 0 Å². The lowest BCUT2D eigenvalue weighted by atomic mass is 9.81. The molecule has 0 spiro atoms. The normalized spacial score (nSPS) is 16.5. The molecule has 1 aliphatic rings. The highest BCUT2D eigenvalue weighted by atomic mass is 16.2. The second-order valence-electron chi connectivity index (χ2n) is 7.46. The molecule has 1 N–H and O–H groups in total. The summed E-state index contributed by atoms with van der Waals surface area (Å²) in [6, 6.07) is 8.14. The van der Waals surface area contributed by atoms with E-state index < -0.39 is 0 Å². The van der Waals surface area contributed by atoms with Crippen LogP contribution in [0.4, 0.5) is 0 Å². The molecule has 2 amide bonds. The van der Waals surface area contributed by atoms with E-state index in [1.54, 1.807) is 4.90 Å². The third kappa shape index (κ3) is 4.57. The van der Waals surface area contributed by atoms with Gasteiger partial charge in [0.25, 0.3) is 0 Å². The number of carbonyl (C=O) groups excluding carboxylic acids is 2. The van der Waals surface area contributed by atoms with E-state index in [9.17, 15) is 9.59 Å². The molecule has 1 fully saturated rings. The molecule has 2 rings (SSSR count). The zero-order chi connectivity index (χ0) is 17.0. The van der Waals surface area contributed by atoms with Gasteiger partial charge in [0.2, 0.25) is 11.8 Å². The molecule has 1 saturated heterocycles. The van der Waals surface area contributed by atoms with Crippen molar-refractivity contribution >= 4 is 11.8 Å². The number of likely N-dealkylation sites (tertiary alicyclic amines) is 1. The summed E-state index contributed by atoms with van der Waals surface area (Å²) < 4.78 is 0. The van der Waals surface area contributed by atoms with Gasteiger partial charge in [0.15, 0.2) is 0 Å². The van der Waals surface area contributed by atoms with E-state index in [1.165, 1.54) is 5.56 Å². The number of nitrogens with one attached hydrogen (secondary N) is 1. The Morgan fingerprint density at radius 1 is 1.30 bits per heavy atom. The summed E-state index contributed by atoms with van der Waals surface area (Å²) in [5.74, 6) is 0.178. The molecule has 1 heterocycles. The first kappa shape index (κ1) is 17.5. The van der Waals surface area contributed by atoms with Crippen LogP contribution in [0.25, 0.3) is 0 Å². The van der Waals surface area contributed by atoms with E-state index in [2.05, 4.69) is 45.1 Å². The van der Waals surface area contributed by atoms with Crippen molar-refractivity contribution in [3.63, 3.8) is 0 Å². The highest BCUT2D eigenvalue weighted by Crippen LogP contribution is 2.34. The second-order valence-corrected chi connectivity index (χ2v) is 7.46. The number of hydrogen-bond acceptors (Lipinski definition) is 2. The number of aryl methyl sites for hydroxylation is 1. The van der Waals surface area contributed by atoms with Gasteiger partial charge >= 0.3 is 0 Å². The van der Waals surface area contributed by atoms with Gasteiger partial charge in [-0.05, 0) is 29.9 Å². The Hall–Kier alpha value is -1.84. The van der Waals surface area contributed by atoms with Gasteiger partial charge in [-0.25, -0.2) is 0 Å². The molecule has 126 valence electrons. The highest BCUT2D eigenvalue weighted by molar-refractivity contribution is 5.80. The van der Waals surface area contributed by atoms with Crippen molar-refractivity contribution in [1.29, 1.82) is 0 Å². The molecular formula is C19H28N2O2. The van der Waals surface area contributed by atoms with Crippen LogP contribution in [0, 0.1) is 12.3 Å². The number of hydrogen-bond donors (Lipinski definition) is 1. The van der Waals surface area contributed by atoms with Crippen molar-refractivity contribution in [3.05, 3.63) is 35.4 Å². The number of nitrogens with zero attached hydrogens (tertiary/aromatic N) is 1. The summed E-state index contributed by atoms with van der Waals surface area (Å²) in [7, 11) is 0. The fourth-order valence-corrected chi connectivity index (χ4v) is 3.08. The van der Waals surface area contributed by atoms with Crippen LogP contribution in [-0.2, 0) is 9.59 Å². The first-order valence-corrected chi connectivity index (χ1v) is 8.41. The number of amides is 2. The van der Waals surface area contributed by atoms with Crippen molar-refractivity contribution in [2.45, 2.75) is 53.0 Å². The Labute approximate surface area is 139 Å². The van der Waals surface area contributed by atoms with Crippen LogP contribution >= 0.6 is 0 Å². The summed E-state index contributed by atoms with van der Waals surface area (Å²) in [5.41, 5.74) is 2.26. The van der Waals surface area contributed by atoms with Crippen molar-refractivity contribution in [2.75, 3.05) is 13.1 Å². The number of rotatable bonds is 5. The van der Waals surface area contributed by atoms with Crippen molar-refractivity contribution in [1.82, 2.24) is 10.2 Å². The lowest BCUT2D eigenvalue weighted by Gasteiger charge is -2.33. The maximum absolute atomic E-state index is 12.4. The standard InChI is InChI=1S/C19H28N2O2/c1-14-8-5-6-9-15(14)18(19(2,3)4)20-16(22)11-13-21-12-7-10-17(21)23/h5-6,8-9,18H,7,10-13H2,1-4H3,(H,20,22)/t18-/m0/s1. The molecule has 4 heteroatoms. The molecule has 0 radical (unpaired) electrons. The first-order chi connectivity index (χ1) is 10.8. The van der Waals surface area contributed by atoms with Crippen LogP contribution in [-0.4, -0.2) is 29.8 Å². The van der Waals surface area contributed by atoms with Crippen molar-refractivity contribution < 1.29 is 9.59 Å². The van der Waals surface area contributed by atoms with Crippen LogP contribution in [0.15, 0.2) is 24.3 Å². The molecule has 23 heavy (non-hydrogen) atoms. The quantitative estimate of drug-likeness (QED) is 0.907. The van der Waals surface area contributed by atoms with E-state index in [0.29, 0.717) is 19.4 Å². The second kappa shape index (κ2) is 7.16. The summed E-state index contributed by atoms with van der Waals surface area (Å²) in [5, 5.41) is 3.18. The predicted molar refractivity (Wildman–Crippen MR) is 91.9 cm³/mol. The lowest BCUT2D eigenvalue weighted by molar-refractivity contribution is -0.128. The Kier molecular flexibility index (Phi) is 5.45. The summed E-state index contributed by atoms with van der Waals surface area (Å²) in [4.78, 5) is 25.8. The Morgan fingerprint density at radius 3 is 2.57 bits per heavy atom. The third-order valence-corrected chi connectivity index (χ3v) is 4.45. The van der Waals surface area contributed by atoms with Gasteiger partial charge < -0.3 is 10.2 Å². The molecule has 0 unspecified atom stereocenters. The van der Waals surface area contributed by atoms with Gasteiger partial charge in [-0.1, -0.05) is 45.0 Å². The van der Waals surface area contributed by atoms with E-state index >= 15 is 0 Å². The largest absolute Gasteiger partial charge is 0.349 e. The van der Waals surface area contributed by atoms with E-state index in [1.807, 2.05) is 12.1 Å². The van der Waals surface area contributed by atoms with Gasteiger partial charge in [-0.15, -0.1) is 0 Å². The Morgan fingerprint density at radius 2 is 2.00 bits per heavy atom. The summed E-state index contributed by atoms with van der Waals surface area (Å²) >= 11 is 0. The topological polar surface area (TPSA) is 49.4 Å². The fraction of sp³-hybridized carbons (Fsp3) is 0.579. The van der Waals surface area contributed by atoms with Gasteiger partial charge in [0.1, 0.15) is 0 Å². The van der Waals surface area contributed by atoms with Crippen molar-refractivity contribution in [2.24, 2.45) is 5.41 Å². The van der Waals surface area contributed by atoms with Crippen LogP contribution in [0.3, 0.4) is 0 Å². The number of carbonyl (C=O) groups is 2. The van der Waals surface area contributed by atoms with Gasteiger partial charge in [0.05, 0.1) is 6.04 Å². The zero-order valence-corrected chi connectivity index (χ0v) is 14.7. The Bertz CT molecular complexity index is 575. The summed E-state index contributed by atoms with van der Waals surface area (Å²) in [6.07, 6.45) is 1.90. The van der Waals surface area contributed by atoms with Gasteiger partial charge in [-0.2, -0.15) is 0 Å². The average molecular weight is 316 g/mol. The predicted octanol–water partition coefficient (Wildman–Crippen LogP) is 3.21. The fourth-order valence-electron chi connectivity index (χ4n) is 3.08. The zero-order valence-electron chi connectivity index (χ0n) is 14.7. The minimum absolute atomic E-state index is 0.00729. The maximum Gasteiger partial charge on any atom is 0.222 e. The van der Waals surface area contributed by atoms with E-state index in [-0.39, 0.29) is 23.3 Å². The monoisotopic (exact) mass is 316 g/mol. The molecule has 4 nitrogen and oxygen atoms in total. The summed E-state index contributed by atoms with van der Waals surface area (Å²) in [6.45, 7) is 9.78. The van der Waals surface area contributed by atoms with Crippen LogP contribution in [0.2, 0.25) is 0 Å². The molecule has 1 aliphatic heterocycles. The molecule has 0 saturated carbocycles. The van der Waals surface area contributed by atoms with Gasteiger partial charge in [-0.3, -0.25) is 9.59 Å². The maximum atomic E-state index is 12.4. The Balaban J connectivity index is 2.02. The molecule has 1 aromatic rings. The SMILES string of the molecule is Cc1ccccc1[C@H](NC(=O)CCN1CCCC1=O)C(C)(C)C. The minimum Gasteiger partial charge on any atom is -0.349 e. The molecule has 0 aromatic heterocycles. The average Bonchev–Trinajstić information content (AvgIpc) is 2.88. The van der Waals surface area contributed by atoms with E-state index in [0.717, 1.165) is 18.5 Å². The number of benzene rings is 1. The molecule has 1 aromatic carbocycles. The van der Waals surface area contributed by atoms with E-state index in [4.69, 9.17) is 0 Å². The molecule has 0 aliphatic carbocycles.